The summed E-state index contributed by atoms with van der Waals surface area (Å²) in [5, 5.41) is 3.42. The Labute approximate surface area is 85.5 Å². The lowest BCUT2D eigenvalue weighted by Crippen LogP contribution is -2.18. The van der Waals surface area contributed by atoms with E-state index in [1.807, 2.05) is 0 Å². The van der Waals surface area contributed by atoms with Crippen LogP contribution in [0.3, 0.4) is 0 Å². The van der Waals surface area contributed by atoms with Gasteiger partial charge in [0.05, 0.1) is 5.69 Å². The van der Waals surface area contributed by atoms with Crippen LogP contribution < -0.4 is 5.32 Å². The summed E-state index contributed by atoms with van der Waals surface area (Å²) in [5.74, 6) is 2.40. The monoisotopic (exact) mass is 193 g/mol. The van der Waals surface area contributed by atoms with E-state index in [2.05, 4.69) is 37.7 Å². The highest BCUT2D eigenvalue weighted by atomic mass is 15.2. The lowest BCUT2D eigenvalue weighted by atomic mass is 9.96. The number of rotatable bonds is 0. The van der Waals surface area contributed by atoms with Gasteiger partial charge in [-0.1, -0.05) is 20.8 Å². The Balaban J connectivity index is 2.49. The first kappa shape index (κ1) is 9.56. The molecule has 1 aromatic heterocycles. The summed E-state index contributed by atoms with van der Waals surface area (Å²) in [5.41, 5.74) is 1.37. The molecular weight excluding hydrogens is 174 g/mol. The summed E-state index contributed by atoms with van der Waals surface area (Å²) in [4.78, 5) is 4.72. The van der Waals surface area contributed by atoms with Crippen molar-refractivity contribution < 1.29 is 0 Å². The third-order valence-corrected chi connectivity index (χ3v) is 2.72. The van der Waals surface area contributed by atoms with Crippen molar-refractivity contribution in [1.29, 1.82) is 0 Å². The van der Waals surface area contributed by atoms with Crippen LogP contribution in [0, 0.1) is 0 Å². The van der Waals surface area contributed by atoms with Gasteiger partial charge in [-0.05, 0) is 12.8 Å². The normalized spacial score (nSPS) is 16.3. The Kier molecular flexibility index (Phi) is 2.05. The minimum atomic E-state index is 0.133. The molecule has 1 aliphatic heterocycles. The minimum absolute atomic E-state index is 0.133. The van der Waals surface area contributed by atoms with Gasteiger partial charge in [0, 0.05) is 19.0 Å². The summed E-state index contributed by atoms with van der Waals surface area (Å²) >= 11 is 0. The lowest BCUT2D eigenvalue weighted by Gasteiger charge is -2.19. The van der Waals surface area contributed by atoms with Gasteiger partial charge in [0.15, 0.2) is 0 Å². The van der Waals surface area contributed by atoms with Gasteiger partial charge in [0.2, 0.25) is 0 Å². The fourth-order valence-electron chi connectivity index (χ4n) is 2.08. The number of fused-ring (bicyclic) bond motifs is 1. The van der Waals surface area contributed by atoms with Crippen molar-refractivity contribution in [2.24, 2.45) is 7.05 Å². The molecule has 0 spiro atoms. The average molecular weight is 193 g/mol. The van der Waals surface area contributed by atoms with Gasteiger partial charge >= 0.3 is 0 Å². The third kappa shape index (κ3) is 1.41. The Bertz CT molecular complexity index is 344. The quantitative estimate of drug-likeness (QED) is 0.683. The number of imidazole rings is 1. The molecule has 3 nitrogen and oxygen atoms in total. The van der Waals surface area contributed by atoms with Crippen LogP contribution in [0.1, 0.15) is 38.7 Å². The van der Waals surface area contributed by atoms with Crippen molar-refractivity contribution in [3.05, 3.63) is 11.5 Å². The van der Waals surface area contributed by atoms with E-state index in [1.54, 1.807) is 0 Å². The zero-order valence-electron chi connectivity index (χ0n) is 9.52. The van der Waals surface area contributed by atoms with Crippen LogP contribution in [0.15, 0.2) is 0 Å². The lowest BCUT2D eigenvalue weighted by molar-refractivity contribution is 0.523. The third-order valence-electron chi connectivity index (χ3n) is 2.72. The molecule has 0 saturated heterocycles. The van der Waals surface area contributed by atoms with E-state index < -0.39 is 0 Å². The smallest absolute Gasteiger partial charge is 0.129 e. The molecule has 14 heavy (non-hydrogen) atoms. The van der Waals surface area contributed by atoms with Crippen LogP contribution in [0.5, 0.6) is 0 Å². The summed E-state index contributed by atoms with van der Waals surface area (Å²) in [7, 11) is 2.10. The molecular formula is C11H19N3. The van der Waals surface area contributed by atoms with Crippen molar-refractivity contribution in [3.63, 3.8) is 0 Å². The van der Waals surface area contributed by atoms with E-state index in [0.717, 1.165) is 13.0 Å². The molecule has 1 aliphatic rings. The number of hydrogen-bond donors (Lipinski definition) is 1. The zero-order chi connectivity index (χ0) is 10.3. The van der Waals surface area contributed by atoms with Gasteiger partial charge in [-0.15, -0.1) is 0 Å². The molecule has 0 aromatic carbocycles. The molecule has 1 aromatic rings. The van der Waals surface area contributed by atoms with Gasteiger partial charge < -0.3 is 9.88 Å². The van der Waals surface area contributed by atoms with Crippen molar-refractivity contribution in [1.82, 2.24) is 9.55 Å². The Hall–Kier alpha value is -0.990. The first-order valence-corrected chi connectivity index (χ1v) is 5.30. The van der Waals surface area contributed by atoms with Crippen molar-refractivity contribution in [3.8, 4) is 0 Å². The number of nitrogens with one attached hydrogen (secondary N) is 1. The highest BCUT2D eigenvalue weighted by Crippen LogP contribution is 2.28. The van der Waals surface area contributed by atoms with E-state index in [0.29, 0.717) is 0 Å². The molecule has 3 heteroatoms. The predicted octanol–water partition coefficient (Wildman–Crippen LogP) is 2.08. The molecule has 2 heterocycles. The zero-order valence-corrected chi connectivity index (χ0v) is 9.52. The molecule has 0 unspecified atom stereocenters. The summed E-state index contributed by atoms with van der Waals surface area (Å²) < 4.78 is 2.20. The Morgan fingerprint density at radius 1 is 1.36 bits per heavy atom. The van der Waals surface area contributed by atoms with Crippen molar-refractivity contribution >= 4 is 5.82 Å². The maximum absolute atomic E-state index is 4.72. The van der Waals surface area contributed by atoms with Crippen molar-refractivity contribution in [2.45, 2.75) is 39.0 Å². The molecule has 0 atom stereocenters. The topological polar surface area (TPSA) is 29.9 Å². The van der Waals surface area contributed by atoms with Crippen LogP contribution in [0.2, 0.25) is 0 Å². The molecule has 0 bridgehead atoms. The summed E-state index contributed by atoms with van der Waals surface area (Å²) in [6.45, 7) is 7.71. The fraction of sp³-hybridized carbons (Fsp3) is 0.727. The maximum Gasteiger partial charge on any atom is 0.129 e. The summed E-state index contributed by atoms with van der Waals surface area (Å²) in [6, 6.07) is 0. The van der Waals surface area contributed by atoms with Crippen LogP contribution in [0.25, 0.3) is 0 Å². The predicted molar refractivity (Wildman–Crippen MR) is 58.7 cm³/mol. The summed E-state index contributed by atoms with van der Waals surface area (Å²) in [6.07, 6.45) is 2.32. The molecule has 0 saturated carbocycles. The SMILES string of the molecule is Cn1c(C(C)(C)C)nc2c1NCCC2. The highest BCUT2D eigenvalue weighted by molar-refractivity contribution is 5.46. The number of anilines is 1. The van der Waals surface area contributed by atoms with Gasteiger partial charge in [0.25, 0.3) is 0 Å². The molecule has 78 valence electrons. The van der Waals surface area contributed by atoms with Crippen LogP contribution in [0.4, 0.5) is 5.82 Å². The van der Waals surface area contributed by atoms with Crippen LogP contribution in [-0.4, -0.2) is 16.1 Å². The van der Waals surface area contributed by atoms with Gasteiger partial charge in [-0.3, -0.25) is 0 Å². The molecule has 0 amide bonds. The van der Waals surface area contributed by atoms with Crippen molar-refractivity contribution in [2.75, 3.05) is 11.9 Å². The average Bonchev–Trinajstić information content (AvgIpc) is 2.44. The van der Waals surface area contributed by atoms with E-state index >= 15 is 0 Å². The molecule has 0 fully saturated rings. The Morgan fingerprint density at radius 3 is 2.64 bits per heavy atom. The second-order valence-electron chi connectivity index (χ2n) is 5.07. The van der Waals surface area contributed by atoms with Gasteiger partial charge in [-0.2, -0.15) is 0 Å². The largest absolute Gasteiger partial charge is 0.370 e. The molecule has 0 aliphatic carbocycles. The highest BCUT2D eigenvalue weighted by Gasteiger charge is 2.25. The second kappa shape index (κ2) is 3.01. The number of nitrogens with zero attached hydrogens (tertiary/aromatic N) is 2. The number of aromatic nitrogens is 2. The number of aryl methyl sites for hydroxylation is 1. The van der Waals surface area contributed by atoms with E-state index in [-0.39, 0.29) is 5.41 Å². The van der Waals surface area contributed by atoms with Gasteiger partial charge in [-0.25, -0.2) is 4.98 Å². The first-order valence-electron chi connectivity index (χ1n) is 5.30. The molecule has 0 radical (unpaired) electrons. The first-order chi connectivity index (χ1) is 6.50. The Morgan fingerprint density at radius 2 is 2.07 bits per heavy atom. The van der Waals surface area contributed by atoms with Crippen LogP contribution in [-0.2, 0) is 18.9 Å². The fourth-order valence-corrected chi connectivity index (χ4v) is 2.08. The van der Waals surface area contributed by atoms with E-state index in [9.17, 15) is 0 Å². The van der Waals surface area contributed by atoms with Crippen LogP contribution >= 0.6 is 0 Å². The standard InChI is InChI=1S/C11H19N3/c1-11(2,3)10-13-8-6-5-7-12-9(8)14(10)4/h12H,5-7H2,1-4H3. The van der Waals surface area contributed by atoms with E-state index in [1.165, 1.54) is 23.8 Å². The second-order valence-corrected chi connectivity index (χ2v) is 5.07. The maximum atomic E-state index is 4.72. The minimum Gasteiger partial charge on any atom is -0.370 e. The molecule has 1 N–H and O–H groups in total. The number of hydrogen-bond acceptors (Lipinski definition) is 2. The van der Waals surface area contributed by atoms with Gasteiger partial charge in [0.1, 0.15) is 11.6 Å². The molecule has 2 rings (SSSR count). The van der Waals surface area contributed by atoms with E-state index in [4.69, 9.17) is 4.98 Å².